The summed E-state index contributed by atoms with van der Waals surface area (Å²) in [6.07, 6.45) is -0.326. The third-order valence-corrected chi connectivity index (χ3v) is 5.86. The lowest BCUT2D eigenvalue weighted by molar-refractivity contribution is -0.152. The van der Waals surface area contributed by atoms with Crippen molar-refractivity contribution >= 4 is 21.8 Å². The molecule has 2 N–H and O–H groups in total. The molecule has 2 rings (SSSR count). The van der Waals surface area contributed by atoms with Crippen molar-refractivity contribution in [2.75, 3.05) is 0 Å². The molecule has 1 aromatic rings. The molecule has 0 heterocycles. The van der Waals surface area contributed by atoms with E-state index < -0.39 is 38.9 Å². The molecule has 0 amide bonds. The molecule has 0 spiro atoms. The summed E-state index contributed by atoms with van der Waals surface area (Å²) in [5.74, 6) is -4.83. The Hall–Kier alpha value is -1.89. The van der Waals surface area contributed by atoms with Crippen molar-refractivity contribution in [3.63, 3.8) is 0 Å². The number of aliphatic carboxylic acids is 2. The number of carboxylic acids is 2. The minimum atomic E-state index is -3.70. The van der Waals surface area contributed by atoms with Crippen LogP contribution in [0.2, 0.25) is 0 Å². The molecule has 2 atom stereocenters. The van der Waals surface area contributed by atoms with Crippen molar-refractivity contribution in [2.45, 2.75) is 23.0 Å². The first kappa shape index (κ1) is 14.5. The summed E-state index contributed by atoms with van der Waals surface area (Å²) in [5, 5.41) is 17.1. The standard InChI is InChI=1S/C13H14O6S/c14-12(15)10-6-9(7-11(10)13(16)17)20(18,19)8-4-2-1-3-5-8/h1-5,9-11H,6-7H2,(H,14,15)(H,16,17). The number of carbonyl (C=O) groups is 2. The van der Waals surface area contributed by atoms with Gasteiger partial charge in [0.15, 0.2) is 9.84 Å². The van der Waals surface area contributed by atoms with E-state index >= 15 is 0 Å². The Balaban J connectivity index is 2.32. The van der Waals surface area contributed by atoms with Crippen LogP contribution in [0.4, 0.5) is 0 Å². The smallest absolute Gasteiger partial charge is 0.307 e. The van der Waals surface area contributed by atoms with Crippen LogP contribution in [0.5, 0.6) is 0 Å². The molecule has 108 valence electrons. The average molecular weight is 298 g/mol. The zero-order valence-electron chi connectivity index (χ0n) is 10.5. The number of benzene rings is 1. The van der Waals surface area contributed by atoms with E-state index in [1.165, 1.54) is 12.1 Å². The van der Waals surface area contributed by atoms with Gasteiger partial charge in [-0.1, -0.05) is 18.2 Å². The van der Waals surface area contributed by atoms with Gasteiger partial charge in [-0.3, -0.25) is 9.59 Å². The highest BCUT2D eigenvalue weighted by Gasteiger charge is 2.47. The van der Waals surface area contributed by atoms with E-state index in [-0.39, 0.29) is 17.7 Å². The Morgan fingerprint density at radius 2 is 1.40 bits per heavy atom. The van der Waals surface area contributed by atoms with Gasteiger partial charge in [0, 0.05) is 0 Å². The topological polar surface area (TPSA) is 109 Å². The van der Waals surface area contributed by atoms with Gasteiger partial charge in [0.05, 0.1) is 22.0 Å². The van der Waals surface area contributed by atoms with E-state index in [1.807, 2.05) is 0 Å². The summed E-state index contributed by atoms with van der Waals surface area (Å²) in [6.45, 7) is 0. The molecule has 0 radical (unpaired) electrons. The Kier molecular flexibility index (Phi) is 3.80. The number of carboxylic acid groups (broad SMARTS) is 2. The summed E-state index contributed by atoms with van der Waals surface area (Å²) < 4.78 is 24.8. The van der Waals surface area contributed by atoms with Crippen LogP contribution in [0.15, 0.2) is 35.2 Å². The fourth-order valence-electron chi connectivity index (χ4n) is 2.59. The van der Waals surface area contributed by atoms with Gasteiger partial charge >= 0.3 is 11.9 Å². The van der Waals surface area contributed by atoms with Crippen molar-refractivity contribution in [2.24, 2.45) is 11.8 Å². The predicted molar refractivity (Wildman–Crippen MR) is 68.9 cm³/mol. The van der Waals surface area contributed by atoms with E-state index in [4.69, 9.17) is 10.2 Å². The normalized spacial score (nSPS) is 26.3. The minimum Gasteiger partial charge on any atom is -0.481 e. The molecule has 0 aliphatic heterocycles. The van der Waals surface area contributed by atoms with Gasteiger partial charge in [-0.25, -0.2) is 8.42 Å². The summed E-state index contributed by atoms with van der Waals surface area (Å²) in [6, 6.07) is 7.68. The van der Waals surface area contributed by atoms with Crippen LogP contribution in [-0.4, -0.2) is 35.8 Å². The second-order valence-corrected chi connectivity index (χ2v) is 7.07. The predicted octanol–water partition coefficient (Wildman–Crippen LogP) is 1.02. The van der Waals surface area contributed by atoms with Crippen LogP contribution in [0.1, 0.15) is 12.8 Å². The molecule has 1 aliphatic carbocycles. The van der Waals surface area contributed by atoms with Gasteiger partial charge in [0.1, 0.15) is 0 Å². The molecule has 0 saturated heterocycles. The van der Waals surface area contributed by atoms with Gasteiger partial charge in [-0.15, -0.1) is 0 Å². The molecule has 1 aliphatic rings. The molecule has 1 fully saturated rings. The minimum absolute atomic E-state index is 0.0974. The van der Waals surface area contributed by atoms with Crippen molar-refractivity contribution in [3.05, 3.63) is 30.3 Å². The van der Waals surface area contributed by atoms with E-state index in [9.17, 15) is 18.0 Å². The molecule has 7 heteroatoms. The molecule has 20 heavy (non-hydrogen) atoms. The van der Waals surface area contributed by atoms with Crippen LogP contribution >= 0.6 is 0 Å². The summed E-state index contributed by atoms with van der Waals surface area (Å²) >= 11 is 0. The molecule has 1 saturated carbocycles. The van der Waals surface area contributed by atoms with Crippen molar-refractivity contribution in [1.82, 2.24) is 0 Å². The first-order chi connectivity index (χ1) is 9.34. The lowest BCUT2D eigenvalue weighted by Gasteiger charge is -2.11. The van der Waals surface area contributed by atoms with Crippen LogP contribution in [0.3, 0.4) is 0 Å². The highest BCUT2D eigenvalue weighted by molar-refractivity contribution is 7.92. The monoisotopic (exact) mass is 298 g/mol. The molecule has 2 unspecified atom stereocenters. The Bertz CT molecular complexity index is 600. The van der Waals surface area contributed by atoms with Gasteiger partial charge in [0.2, 0.25) is 0 Å². The van der Waals surface area contributed by atoms with Gasteiger partial charge < -0.3 is 10.2 Å². The molecule has 0 aromatic heterocycles. The van der Waals surface area contributed by atoms with Gasteiger partial charge in [-0.2, -0.15) is 0 Å². The van der Waals surface area contributed by atoms with E-state index in [2.05, 4.69) is 0 Å². The number of hydrogen-bond donors (Lipinski definition) is 2. The number of sulfone groups is 1. The highest BCUT2D eigenvalue weighted by atomic mass is 32.2. The number of rotatable bonds is 4. The molecule has 1 aromatic carbocycles. The first-order valence-corrected chi connectivity index (χ1v) is 7.63. The second-order valence-electron chi connectivity index (χ2n) is 4.84. The SMILES string of the molecule is O=C(O)C1CC(S(=O)(=O)c2ccccc2)CC1C(=O)O. The second kappa shape index (κ2) is 5.24. The maximum Gasteiger partial charge on any atom is 0.307 e. The van der Waals surface area contributed by atoms with E-state index in [1.54, 1.807) is 18.2 Å². The molecule has 6 nitrogen and oxygen atoms in total. The van der Waals surface area contributed by atoms with Crippen LogP contribution in [0, 0.1) is 11.8 Å². The van der Waals surface area contributed by atoms with Crippen LogP contribution in [-0.2, 0) is 19.4 Å². The fourth-order valence-corrected chi connectivity index (χ4v) is 4.44. The van der Waals surface area contributed by atoms with E-state index in [0.717, 1.165) is 0 Å². The summed E-state index contributed by atoms with van der Waals surface area (Å²) in [5.41, 5.74) is 0. The quantitative estimate of drug-likeness (QED) is 0.859. The van der Waals surface area contributed by atoms with Gasteiger partial charge in [-0.05, 0) is 25.0 Å². The zero-order valence-corrected chi connectivity index (χ0v) is 11.3. The van der Waals surface area contributed by atoms with Crippen molar-refractivity contribution in [3.8, 4) is 0 Å². The Labute approximate surface area is 116 Å². The lowest BCUT2D eigenvalue weighted by Crippen LogP contribution is -2.24. The lowest BCUT2D eigenvalue weighted by atomic mass is 9.97. The van der Waals surface area contributed by atoms with Gasteiger partial charge in [0.25, 0.3) is 0 Å². The summed E-state index contributed by atoms with van der Waals surface area (Å²) in [4.78, 5) is 22.2. The van der Waals surface area contributed by atoms with Crippen molar-refractivity contribution < 1.29 is 28.2 Å². The first-order valence-electron chi connectivity index (χ1n) is 6.08. The maximum atomic E-state index is 12.4. The third kappa shape index (κ3) is 2.53. The average Bonchev–Trinajstić information content (AvgIpc) is 2.85. The fraction of sp³-hybridized carbons (Fsp3) is 0.385. The maximum absolute atomic E-state index is 12.4. The van der Waals surface area contributed by atoms with Crippen LogP contribution < -0.4 is 0 Å². The zero-order chi connectivity index (χ0) is 14.9. The highest BCUT2D eigenvalue weighted by Crippen LogP contribution is 2.38. The van der Waals surface area contributed by atoms with Crippen LogP contribution in [0.25, 0.3) is 0 Å². The molecular formula is C13H14O6S. The number of hydrogen-bond acceptors (Lipinski definition) is 4. The van der Waals surface area contributed by atoms with Crippen molar-refractivity contribution in [1.29, 1.82) is 0 Å². The largest absolute Gasteiger partial charge is 0.481 e. The third-order valence-electron chi connectivity index (χ3n) is 3.66. The molecular weight excluding hydrogens is 284 g/mol. The summed E-state index contributed by atoms with van der Waals surface area (Å²) in [7, 11) is -3.70. The Morgan fingerprint density at radius 1 is 0.950 bits per heavy atom. The van der Waals surface area contributed by atoms with E-state index in [0.29, 0.717) is 0 Å². The molecule has 0 bridgehead atoms. The Morgan fingerprint density at radius 3 is 1.80 bits per heavy atom.